The Balaban J connectivity index is 0.000000640. The average molecular weight is 150 g/mol. The summed E-state index contributed by atoms with van der Waals surface area (Å²) in [4.78, 5) is 1.89. The quantitative estimate of drug-likeness (QED) is 0.387. The minimum atomic E-state index is 0. The molecule has 4 heteroatoms. The molecule has 1 rings (SSSR count). The fraction of sp³-hybridized carbons (Fsp3) is 0.800. The van der Waals surface area contributed by atoms with Crippen LogP contribution in [-0.4, -0.2) is 23.9 Å². The van der Waals surface area contributed by atoms with Crippen molar-refractivity contribution in [2.75, 3.05) is 13.1 Å². The van der Waals surface area contributed by atoms with Gasteiger partial charge in [0.25, 0.3) is 0 Å². The summed E-state index contributed by atoms with van der Waals surface area (Å²) in [7, 11) is 0. The lowest BCUT2D eigenvalue weighted by atomic mass is 10.4. The normalized spacial score (nSPS) is 17.1. The number of hydrogen-bond donors (Lipinski definition) is 2. The van der Waals surface area contributed by atoms with Crippen LogP contribution in [0.15, 0.2) is 0 Å². The maximum absolute atomic E-state index is 7.00. The second kappa shape index (κ2) is 3.56. The van der Waals surface area contributed by atoms with Crippen LogP contribution < -0.4 is 5.73 Å². The van der Waals surface area contributed by atoms with Crippen molar-refractivity contribution in [3.05, 3.63) is 0 Å². The zero-order chi connectivity index (χ0) is 5.98. The molecule has 0 unspecified atom stereocenters. The van der Waals surface area contributed by atoms with Crippen LogP contribution in [0.4, 0.5) is 0 Å². The van der Waals surface area contributed by atoms with Crippen molar-refractivity contribution >= 4 is 18.4 Å². The largest absolute Gasteiger partial charge is 0.370 e. The standard InChI is InChI=1S/C5H11N3.ClH/c6-5(7)8-3-1-2-4-8;/h1-4H2,(H3,6,7);1H. The zero-order valence-corrected chi connectivity index (χ0v) is 6.08. The fourth-order valence-electron chi connectivity index (χ4n) is 0.958. The van der Waals surface area contributed by atoms with E-state index in [1.807, 2.05) is 4.90 Å². The predicted octanol–water partition coefficient (Wildman–Crippen LogP) is 0.397. The van der Waals surface area contributed by atoms with Crippen molar-refractivity contribution in [1.82, 2.24) is 4.90 Å². The van der Waals surface area contributed by atoms with E-state index < -0.39 is 0 Å². The van der Waals surface area contributed by atoms with Gasteiger partial charge in [-0.25, -0.2) is 0 Å². The van der Waals surface area contributed by atoms with Gasteiger partial charge in [0.15, 0.2) is 5.96 Å². The molecule has 0 aliphatic carbocycles. The van der Waals surface area contributed by atoms with Crippen molar-refractivity contribution in [2.45, 2.75) is 12.8 Å². The Kier molecular flexibility index (Phi) is 3.39. The number of likely N-dealkylation sites (tertiary alicyclic amines) is 1. The molecule has 1 heterocycles. The molecule has 0 aromatic carbocycles. The number of halogens is 1. The maximum atomic E-state index is 7.00. The molecule has 0 atom stereocenters. The summed E-state index contributed by atoms with van der Waals surface area (Å²) in [5, 5.41) is 7.00. The molecule has 1 fully saturated rings. The summed E-state index contributed by atoms with van der Waals surface area (Å²) >= 11 is 0. The molecule has 54 valence electrons. The predicted molar refractivity (Wildman–Crippen MR) is 40.0 cm³/mol. The van der Waals surface area contributed by atoms with Crippen LogP contribution in [0.25, 0.3) is 0 Å². The molecule has 1 aliphatic heterocycles. The van der Waals surface area contributed by atoms with Gasteiger partial charge in [0.2, 0.25) is 0 Å². The van der Waals surface area contributed by atoms with Crippen molar-refractivity contribution < 1.29 is 0 Å². The van der Waals surface area contributed by atoms with Crippen molar-refractivity contribution in [1.29, 1.82) is 5.41 Å². The topological polar surface area (TPSA) is 53.1 Å². The van der Waals surface area contributed by atoms with Crippen molar-refractivity contribution in [3.8, 4) is 0 Å². The molecular weight excluding hydrogens is 138 g/mol. The van der Waals surface area contributed by atoms with Gasteiger partial charge in [-0.2, -0.15) is 0 Å². The Bertz CT molecular complexity index is 98.4. The Morgan fingerprint density at radius 2 is 1.78 bits per heavy atom. The molecule has 0 spiro atoms. The first-order valence-electron chi connectivity index (χ1n) is 2.89. The number of guanidine groups is 1. The number of nitrogens with two attached hydrogens (primary N) is 1. The molecule has 0 amide bonds. The van der Waals surface area contributed by atoms with Crippen molar-refractivity contribution in [2.24, 2.45) is 5.73 Å². The number of nitrogens with zero attached hydrogens (tertiary/aromatic N) is 1. The highest BCUT2D eigenvalue weighted by atomic mass is 35.5. The third kappa shape index (κ3) is 2.10. The van der Waals surface area contributed by atoms with Gasteiger partial charge < -0.3 is 10.6 Å². The lowest BCUT2D eigenvalue weighted by Gasteiger charge is -2.12. The molecule has 0 saturated carbocycles. The molecule has 0 aromatic rings. The van der Waals surface area contributed by atoms with Crippen LogP contribution in [0.2, 0.25) is 0 Å². The summed E-state index contributed by atoms with van der Waals surface area (Å²) in [5.41, 5.74) is 5.21. The number of nitrogens with one attached hydrogen (secondary N) is 1. The van der Waals surface area contributed by atoms with Crippen LogP contribution in [0.3, 0.4) is 0 Å². The highest BCUT2D eigenvalue weighted by Gasteiger charge is 2.10. The zero-order valence-electron chi connectivity index (χ0n) is 5.26. The Hall–Kier alpha value is -0.440. The van der Waals surface area contributed by atoms with Crippen LogP contribution >= 0.6 is 12.4 Å². The molecule has 3 nitrogen and oxygen atoms in total. The highest BCUT2D eigenvalue weighted by molar-refractivity contribution is 5.85. The Labute approximate surface area is 61.1 Å². The minimum Gasteiger partial charge on any atom is -0.370 e. The second-order valence-corrected chi connectivity index (χ2v) is 2.08. The molecule has 1 aliphatic rings. The molecule has 3 N–H and O–H groups in total. The van der Waals surface area contributed by atoms with E-state index in [1.165, 1.54) is 12.8 Å². The summed E-state index contributed by atoms with van der Waals surface area (Å²) in [5.74, 6) is 0.225. The monoisotopic (exact) mass is 149 g/mol. The summed E-state index contributed by atoms with van der Waals surface area (Å²) in [6.07, 6.45) is 2.39. The maximum Gasteiger partial charge on any atom is 0.188 e. The minimum absolute atomic E-state index is 0. The van der Waals surface area contributed by atoms with Gasteiger partial charge in [0.1, 0.15) is 0 Å². The van der Waals surface area contributed by atoms with E-state index in [9.17, 15) is 0 Å². The highest BCUT2D eigenvalue weighted by Crippen LogP contribution is 2.04. The van der Waals surface area contributed by atoms with E-state index in [-0.39, 0.29) is 18.4 Å². The number of hydrogen-bond acceptors (Lipinski definition) is 1. The van der Waals surface area contributed by atoms with E-state index in [0.29, 0.717) is 0 Å². The molecule has 0 aromatic heterocycles. The number of rotatable bonds is 0. The van der Waals surface area contributed by atoms with Crippen LogP contribution in [0, 0.1) is 5.41 Å². The van der Waals surface area contributed by atoms with E-state index in [1.54, 1.807) is 0 Å². The smallest absolute Gasteiger partial charge is 0.188 e. The molecule has 9 heavy (non-hydrogen) atoms. The first-order chi connectivity index (χ1) is 3.80. The van der Waals surface area contributed by atoms with Crippen LogP contribution in [0.1, 0.15) is 12.8 Å². The third-order valence-electron chi connectivity index (χ3n) is 1.45. The first kappa shape index (κ1) is 8.56. The molecule has 1 saturated heterocycles. The van der Waals surface area contributed by atoms with Crippen LogP contribution in [-0.2, 0) is 0 Å². The average Bonchev–Trinajstić information content (AvgIpc) is 2.12. The molecular formula is C5H12ClN3. The van der Waals surface area contributed by atoms with E-state index in [0.717, 1.165) is 13.1 Å². The Morgan fingerprint density at radius 1 is 1.33 bits per heavy atom. The third-order valence-corrected chi connectivity index (χ3v) is 1.45. The SMILES string of the molecule is Cl.N=C(N)N1CCCC1. The molecule has 0 bridgehead atoms. The van der Waals surface area contributed by atoms with Crippen LogP contribution in [0.5, 0.6) is 0 Å². The second-order valence-electron chi connectivity index (χ2n) is 2.08. The van der Waals surface area contributed by atoms with E-state index >= 15 is 0 Å². The Morgan fingerprint density at radius 3 is 2.00 bits per heavy atom. The van der Waals surface area contributed by atoms with Gasteiger partial charge in [-0.05, 0) is 12.8 Å². The van der Waals surface area contributed by atoms with Gasteiger partial charge in [0, 0.05) is 13.1 Å². The molecule has 0 radical (unpaired) electrons. The summed E-state index contributed by atoms with van der Waals surface area (Å²) in [6, 6.07) is 0. The van der Waals surface area contributed by atoms with Gasteiger partial charge in [-0.1, -0.05) is 0 Å². The van der Waals surface area contributed by atoms with Gasteiger partial charge in [-0.15, -0.1) is 12.4 Å². The summed E-state index contributed by atoms with van der Waals surface area (Å²) < 4.78 is 0. The van der Waals surface area contributed by atoms with Gasteiger partial charge >= 0.3 is 0 Å². The van der Waals surface area contributed by atoms with Crippen molar-refractivity contribution in [3.63, 3.8) is 0 Å². The fourth-order valence-corrected chi connectivity index (χ4v) is 0.958. The summed E-state index contributed by atoms with van der Waals surface area (Å²) in [6.45, 7) is 1.96. The first-order valence-corrected chi connectivity index (χ1v) is 2.89. The van der Waals surface area contributed by atoms with Gasteiger partial charge in [-0.3, -0.25) is 5.41 Å². The lowest BCUT2D eigenvalue weighted by molar-refractivity contribution is 0.509. The van der Waals surface area contributed by atoms with E-state index in [4.69, 9.17) is 11.1 Å². The van der Waals surface area contributed by atoms with Gasteiger partial charge in [0.05, 0.1) is 0 Å². The lowest BCUT2D eigenvalue weighted by Crippen LogP contribution is -2.33. The van der Waals surface area contributed by atoms with E-state index in [2.05, 4.69) is 0 Å².